The van der Waals surface area contributed by atoms with E-state index in [9.17, 15) is 4.39 Å². The van der Waals surface area contributed by atoms with Crippen molar-refractivity contribution in [2.75, 3.05) is 0 Å². The molecule has 0 radical (unpaired) electrons. The SMILES string of the molecule is CC(C)c1ccc(F)c(CNC2CC2)c1. The average molecular weight is 207 g/mol. The summed E-state index contributed by atoms with van der Waals surface area (Å²) in [6, 6.07) is 6.07. The molecule has 1 N–H and O–H groups in total. The van der Waals surface area contributed by atoms with Crippen LogP contribution < -0.4 is 5.32 Å². The Morgan fingerprint density at radius 1 is 1.40 bits per heavy atom. The first-order valence-corrected chi connectivity index (χ1v) is 5.68. The van der Waals surface area contributed by atoms with E-state index in [1.807, 2.05) is 12.1 Å². The summed E-state index contributed by atoms with van der Waals surface area (Å²) in [5.74, 6) is 0.373. The van der Waals surface area contributed by atoms with Crippen molar-refractivity contribution in [3.63, 3.8) is 0 Å². The van der Waals surface area contributed by atoms with Crippen LogP contribution in [0.1, 0.15) is 43.7 Å². The largest absolute Gasteiger partial charge is 0.310 e. The maximum atomic E-state index is 13.5. The molecule has 1 aliphatic rings. The van der Waals surface area contributed by atoms with E-state index in [2.05, 4.69) is 19.2 Å². The van der Waals surface area contributed by atoms with Crippen LogP contribution in [-0.2, 0) is 6.54 Å². The monoisotopic (exact) mass is 207 g/mol. The second kappa shape index (κ2) is 4.31. The average Bonchev–Trinajstić information content (AvgIpc) is 3.00. The van der Waals surface area contributed by atoms with Gasteiger partial charge in [-0.15, -0.1) is 0 Å². The van der Waals surface area contributed by atoms with Gasteiger partial charge in [0.1, 0.15) is 5.82 Å². The fourth-order valence-corrected chi connectivity index (χ4v) is 1.63. The summed E-state index contributed by atoms with van der Waals surface area (Å²) >= 11 is 0. The highest BCUT2D eigenvalue weighted by Gasteiger charge is 2.20. The Balaban J connectivity index is 2.08. The number of halogens is 1. The van der Waals surface area contributed by atoms with Gasteiger partial charge in [0.15, 0.2) is 0 Å². The molecule has 15 heavy (non-hydrogen) atoms. The van der Waals surface area contributed by atoms with Crippen molar-refractivity contribution >= 4 is 0 Å². The minimum Gasteiger partial charge on any atom is -0.310 e. The molecule has 1 aromatic carbocycles. The molecule has 0 heterocycles. The summed E-state index contributed by atoms with van der Waals surface area (Å²) < 4.78 is 13.5. The predicted molar refractivity (Wildman–Crippen MR) is 60.4 cm³/mol. The summed E-state index contributed by atoms with van der Waals surface area (Å²) in [6.07, 6.45) is 2.48. The third kappa shape index (κ3) is 2.78. The molecule has 0 aromatic heterocycles. The molecule has 0 bridgehead atoms. The van der Waals surface area contributed by atoms with Crippen molar-refractivity contribution in [3.05, 3.63) is 35.1 Å². The Bertz CT molecular complexity index is 342. The molecule has 82 valence electrons. The van der Waals surface area contributed by atoms with Crippen molar-refractivity contribution in [1.29, 1.82) is 0 Å². The zero-order chi connectivity index (χ0) is 10.8. The molecule has 0 aliphatic heterocycles. The van der Waals surface area contributed by atoms with Crippen molar-refractivity contribution in [2.45, 2.75) is 45.2 Å². The van der Waals surface area contributed by atoms with Crippen LogP contribution in [0, 0.1) is 5.82 Å². The third-order valence-corrected chi connectivity index (χ3v) is 2.89. The maximum Gasteiger partial charge on any atom is 0.127 e. The summed E-state index contributed by atoms with van der Waals surface area (Å²) in [6.45, 7) is 4.92. The molecule has 2 heteroatoms. The van der Waals surface area contributed by atoms with Gasteiger partial charge in [-0.1, -0.05) is 26.0 Å². The first-order valence-electron chi connectivity index (χ1n) is 5.68. The third-order valence-electron chi connectivity index (χ3n) is 2.89. The quantitative estimate of drug-likeness (QED) is 0.799. The van der Waals surface area contributed by atoms with E-state index < -0.39 is 0 Å². The van der Waals surface area contributed by atoms with Gasteiger partial charge in [-0.3, -0.25) is 0 Å². The molecule has 0 unspecified atom stereocenters. The highest BCUT2D eigenvalue weighted by Crippen LogP contribution is 2.21. The molecular formula is C13H18FN. The number of nitrogens with one attached hydrogen (secondary N) is 1. The van der Waals surface area contributed by atoms with Gasteiger partial charge in [0, 0.05) is 18.2 Å². The van der Waals surface area contributed by atoms with Crippen LogP contribution in [0.5, 0.6) is 0 Å². The van der Waals surface area contributed by atoms with E-state index in [0.29, 0.717) is 18.5 Å². The molecule has 1 aromatic rings. The topological polar surface area (TPSA) is 12.0 Å². The van der Waals surface area contributed by atoms with Crippen molar-refractivity contribution in [2.24, 2.45) is 0 Å². The Kier molecular flexibility index (Phi) is 3.06. The summed E-state index contributed by atoms with van der Waals surface area (Å²) in [5, 5.41) is 3.34. The lowest BCUT2D eigenvalue weighted by molar-refractivity contribution is 0.585. The lowest BCUT2D eigenvalue weighted by Gasteiger charge is -2.10. The Morgan fingerprint density at radius 2 is 2.13 bits per heavy atom. The Labute approximate surface area is 90.7 Å². The molecule has 0 amide bonds. The van der Waals surface area contributed by atoms with Crippen LogP contribution in [0.25, 0.3) is 0 Å². The summed E-state index contributed by atoms with van der Waals surface area (Å²) in [7, 11) is 0. The van der Waals surface area contributed by atoms with Crippen molar-refractivity contribution < 1.29 is 4.39 Å². The van der Waals surface area contributed by atoms with E-state index in [1.54, 1.807) is 6.07 Å². The normalized spacial score (nSPS) is 16.0. The summed E-state index contributed by atoms with van der Waals surface area (Å²) in [5.41, 5.74) is 2.01. The zero-order valence-electron chi connectivity index (χ0n) is 9.39. The van der Waals surface area contributed by atoms with Gasteiger partial charge in [0.25, 0.3) is 0 Å². The standard InChI is InChI=1S/C13H18FN/c1-9(2)10-3-6-13(14)11(7-10)8-15-12-4-5-12/h3,6-7,9,12,15H,4-5,8H2,1-2H3. The highest BCUT2D eigenvalue weighted by atomic mass is 19.1. The summed E-state index contributed by atoms with van der Waals surface area (Å²) in [4.78, 5) is 0. The highest BCUT2D eigenvalue weighted by molar-refractivity contribution is 5.27. The fourth-order valence-electron chi connectivity index (χ4n) is 1.63. The van der Waals surface area contributed by atoms with Crippen LogP contribution in [0.4, 0.5) is 4.39 Å². The molecule has 0 saturated heterocycles. The number of benzene rings is 1. The second-order valence-electron chi connectivity index (χ2n) is 4.66. The van der Waals surface area contributed by atoms with Gasteiger partial charge in [0.2, 0.25) is 0 Å². The minimum atomic E-state index is -0.0902. The van der Waals surface area contributed by atoms with Gasteiger partial charge in [-0.05, 0) is 30.4 Å². The predicted octanol–water partition coefficient (Wildman–Crippen LogP) is 3.20. The van der Waals surface area contributed by atoms with E-state index >= 15 is 0 Å². The van der Waals surface area contributed by atoms with Crippen LogP contribution in [0.2, 0.25) is 0 Å². The first-order chi connectivity index (χ1) is 7.16. The molecule has 1 aliphatic carbocycles. The first kappa shape index (κ1) is 10.6. The minimum absolute atomic E-state index is 0.0902. The van der Waals surface area contributed by atoms with E-state index in [-0.39, 0.29) is 5.82 Å². The zero-order valence-corrected chi connectivity index (χ0v) is 9.39. The van der Waals surface area contributed by atoms with Crippen LogP contribution in [0.3, 0.4) is 0 Å². The van der Waals surface area contributed by atoms with Crippen molar-refractivity contribution in [3.8, 4) is 0 Å². The van der Waals surface area contributed by atoms with Crippen LogP contribution >= 0.6 is 0 Å². The number of rotatable bonds is 4. The van der Waals surface area contributed by atoms with Crippen LogP contribution in [-0.4, -0.2) is 6.04 Å². The van der Waals surface area contributed by atoms with Gasteiger partial charge >= 0.3 is 0 Å². The molecule has 1 nitrogen and oxygen atoms in total. The van der Waals surface area contributed by atoms with E-state index in [1.165, 1.54) is 18.4 Å². The molecule has 2 rings (SSSR count). The second-order valence-corrected chi connectivity index (χ2v) is 4.66. The van der Waals surface area contributed by atoms with Gasteiger partial charge in [0.05, 0.1) is 0 Å². The Hall–Kier alpha value is -0.890. The van der Waals surface area contributed by atoms with Crippen LogP contribution in [0.15, 0.2) is 18.2 Å². The van der Waals surface area contributed by atoms with Gasteiger partial charge in [-0.25, -0.2) is 4.39 Å². The lowest BCUT2D eigenvalue weighted by Crippen LogP contribution is -2.16. The smallest absolute Gasteiger partial charge is 0.127 e. The van der Waals surface area contributed by atoms with Gasteiger partial charge < -0.3 is 5.32 Å². The van der Waals surface area contributed by atoms with E-state index in [0.717, 1.165) is 5.56 Å². The van der Waals surface area contributed by atoms with Gasteiger partial charge in [-0.2, -0.15) is 0 Å². The Morgan fingerprint density at radius 3 is 2.73 bits per heavy atom. The van der Waals surface area contributed by atoms with Crippen molar-refractivity contribution in [1.82, 2.24) is 5.32 Å². The molecule has 0 atom stereocenters. The van der Waals surface area contributed by atoms with E-state index in [4.69, 9.17) is 0 Å². The molecule has 1 fully saturated rings. The molecular weight excluding hydrogens is 189 g/mol. The lowest BCUT2D eigenvalue weighted by atomic mass is 10.0. The maximum absolute atomic E-state index is 13.5. The molecule has 1 saturated carbocycles. The molecule has 0 spiro atoms. The fraction of sp³-hybridized carbons (Fsp3) is 0.538. The number of hydrogen-bond acceptors (Lipinski definition) is 1. The number of hydrogen-bond donors (Lipinski definition) is 1.